The van der Waals surface area contributed by atoms with Crippen LogP contribution in [-0.2, 0) is 0 Å². The number of pyridine rings is 2. The van der Waals surface area contributed by atoms with Crippen molar-refractivity contribution in [3.63, 3.8) is 0 Å². The number of aromatic amines is 1. The Bertz CT molecular complexity index is 2180. The lowest BCUT2D eigenvalue weighted by Crippen LogP contribution is -2.10. The highest BCUT2D eigenvalue weighted by atomic mass is 32.1. The first-order chi connectivity index (χ1) is 22.7. The molecule has 1 N–H and O–H groups in total. The molecule has 220 valence electrons. The topological polar surface area (TPSA) is 48.7 Å². The van der Waals surface area contributed by atoms with Gasteiger partial charge in [0.1, 0.15) is 11.1 Å². The van der Waals surface area contributed by atoms with Crippen LogP contribution >= 0.6 is 11.3 Å². The molecule has 0 aliphatic rings. The SMILES string of the molecule is C=C(N=c1cccc[nH]1)c1ccc(N(c2ccc(-c3cn4ccccc4n3)cc2)c2ccc(-c3cc4ccccc4s3)cc2)cc1. The first kappa shape index (κ1) is 27.6. The summed E-state index contributed by atoms with van der Waals surface area (Å²) in [6, 6.07) is 48.5. The lowest BCUT2D eigenvalue weighted by molar-refractivity contribution is 1.15. The van der Waals surface area contributed by atoms with Crippen molar-refractivity contribution >= 4 is 49.8 Å². The Kier molecular flexibility index (Phi) is 7.09. The monoisotopic (exact) mass is 611 g/mol. The van der Waals surface area contributed by atoms with Crippen molar-refractivity contribution in [1.29, 1.82) is 0 Å². The summed E-state index contributed by atoms with van der Waals surface area (Å²) in [5, 5.41) is 1.28. The molecule has 0 bridgehead atoms. The van der Waals surface area contributed by atoms with Crippen molar-refractivity contribution in [3.05, 3.63) is 176 Å². The van der Waals surface area contributed by atoms with Crippen LogP contribution in [0.25, 0.3) is 43.1 Å². The average Bonchev–Trinajstić information content (AvgIpc) is 3.75. The fourth-order valence-electron chi connectivity index (χ4n) is 5.67. The minimum Gasteiger partial charge on any atom is -0.347 e. The number of hydrogen-bond acceptors (Lipinski definition) is 4. The number of anilines is 3. The molecule has 4 aromatic heterocycles. The van der Waals surface area contributed by atoms with Crippen LogP contribution in [-0.4, -0.2) is 14.4 Å². The van der Waals surface area contributed by atoms with Crippen LogP contribution in [0, 0.1) is 0 Å². The Morgan fingerprint density at radius 2 is 1.39 bits per heavy atom. The summed E-state index contributed by atoms with van der Waals surface area (Å²) in [5.74, 6) is 0. The van der Waals surface area contributed by atoms with Gasteiger partial charge in [-0.1, -0.05) is 73.3 Å². The Balaban J connectivity index is 1.15. The molecule has 0 unspecified atom stereocenters. The van der Waals surface area contributed by atoms with Crippen LogP contribution in [0.15, 0.2) is 170 Å². The molecule has 8 rings (SSSR count). The molecule has 0 saturated heterocycles. The Morgan fingerprint density at radius 3 is 2.09 bits per heavy atom. The van der Waals surface area contributed by atoms with Gasteiger partial charge in [-0.25, -0.2) is 9.98 Å². The Morgan fingerprint density at radius 1 is 0.717 bits per heavy atom. The Labute approximate surface area is 270 Å². The second-order valence-electron chi connectivity index (χ2n) is 11.0. The highest BCUT2D eigenvalue weighted by Crippen LogP contribution is 2.39. The molecule has 5 nitrogen and oxygen atoms in total. The van der Waals surface area contributed by atoms with Crippen molar-refractivity contribution in [1.82, 2.24) is 14.4 Å². The van der Waals surface area contributed by atoms with E-state index in [9.17, 15) is 0 Å². The molecule has 0 aliphatic carbocycles. The minimum absolute atomic E-state index is 0.699. The number of imidazole rings is 1. The first-order valence-corrected chi connectivity index (χ1v) is 15.9. The van der Waals surface area contributed by atoms with Crippen molar-refractivity contribution < 1.29 is 0 Å². The summed E-state index contributed by atoms with van der Waals surface area (Å²) in [6.45, 7) is 4.21. The standard InChI is InChI=1S/C40H29N5S/c1-28(42-39-10-4-6-24-41-39)29-12-18-33(19-13-29)45(34-20-14-30(15-21-34)36-27-44-25-7-5-11-40(44)43-36)35-22-16-31(17-23-35)38-26-32-8-2-3-9-37(32)46-38/h2-27H,1H2,(H,41,42). The fourth-order valence-corrected chi connectivity index (χ4v) is 6.74. The number of thiophene rings is 1. The van der Waals surface area contributed by atoms with Crippen LogP contribution < -0.4 is 10.4 Å². The van der Waals surface area contributed by atoms with E-state index in [0.717, 1.165) is 45.0 Å². The molecular weight excluding hydrogens is 583 g/mol. The van der Waals surface area contributed by atoms with Gasteiger partial charge in [0, 0.05) is 50.8 Å². The molecule has 0 fully saturated rings. The van der Waals surface area contributed by atoms with Gasteiger partial charge in [-0.3, -0.25) is 0 Å². The molecular formula is C40H29N5S. The lowest BCUT2D eigenvalue weighted by Gasteiger charge is -2.26. The molecule has 0 spiro atoms. The molecule has 6 heteroatoms. The number of hydrogen-bond donors (Lipinski definition) is 1. The van der Waals surface area contributed by atoms with Gasteiger partial charge in [0.2, 0.25) is 0 Å². The van der Waals surface area contributed by atoms with Gasteiger partial charge in [0.25, 0.3) is 0 Å². The molecule has 46 heavy (non-hydrogen) atoms. The lowest BCUT2D eigenvalue weighted by atomic mass is 10.1. The van der Waals surface area contributed by atoms with E-state index >= 15 is 0 Å². The maximum absolute atomic E-state index is 4.82. The van der Waals surface area contributed by atoms with Gasteiger partial charge in [0.15, 0.2) is 0 Å². The predicted molar refractivity (Wildman–Crippen MR) is 192 cm³/mol. The smallest absolute Gasteiger partial charge is 0.137 e. The molecule has 4 aromatic carbocycles. The fraction of sp³-hybridized carbons (Fsp3) is 0. The zero-order chi connectivity index (χ0) is 30.9. The van der Waals surface area contributed by atoms with Gasteiger partial charge >= 0.3 is 0 Å². The number of nitrogens with one attached hydrogen (secondary N) is 1. The predicted octanol–water partition coefficient (Wildman–Crippen LogP) is 10.3. The van der Waals surface area contributed by atoms with Gasteiger partial charge < -0.3 is 14.3 Å². The highest BCUT2D eigenvalue weighted by Gasteiger charge is 2.15. The number of fused-ring (bicyclic) bond motifs is 2. The van der Waals surface area contributed by atoms with Crippen LogP contribution in [0.5, 0.6) is 0 Å². The molecule has 8 aromatic rings. The van der Waals surface area contributed by atoms with Gasteiger partial charge in [0.05, 0.1) is 11.4 Å². The molecule has 0 amide bonds. The van der Waals surface area contributed by atoms with Crippen molar-refractivity contribution in [3.8, 4) is 21.7 Å². The number of benzene rings is 4. The maximum atomic E-state index is 4.82. The zero-order valence-electron chi connectivity index (χ0n) is 24.9. The van der Waals surface area contributed by atoms with Gasteiger partial charge in [-0.05, 0) is 89.3 Å². The quantitative estimate of drug-likeness (QED) is 0.195. The third-order valence-corrected chi connectivity index (χ3v) is 9.19. The number of aromatic nitrogens is 3. The third-order valence-electron chi connectivity index (χ3n) is 8.03. The number of H-pyrrole nitrogens is 1. The van der Waals surface area contributed by atoms with E-state index < -0.39 is 0 Å². The summed E-state index contributed by atoms with van der Waals surface area (Å²) < 4.78 is 3.35. The van der Waals surface area contributed by atoms with E-state index in [4.69, 9.17) is 4.98 Å². The highest BCUT2D eigenvalue weighted by molar-refractivity contribution is 7.22. The first-order valence-electron chi connectivity index (χ1n) is 15.1. The summed E-state index contributed by atoms with van der Waals surface area (Å²) in [5.41, 5.74) is 9.74. The van der Waals surface area contributed by atoms with Crippen LogP contribution in [0.2, 0.25) is 0 Å². The second kappa shape index (κ2) is 11.8. The summed E-state index contributed by atoms with van der Waals surface area (Å²) >= 11 is 1.82. The number of rotatable bonds is 7. The third kappa shape index (κ3) is 5.42. The average molecular weight is 612 g/mol. The second-order valence-corrected chi connectivity index (χ2v) is 12.1. The van der Waals surface area contributed by atoms with Gasteiger partial charge in [-0.2, -0.15) is 0 Å². The molecule has 4 heterocycles. The number of nitrogens with zero attached hydrogens (tertiary/aromatic N) is 4. The molecule has 0 aliphatic heterocycles. The van der Waals surface area contributed by atoms with E-state index in [1.54, 1.807) is 0 Å². The van der Waals surface area contributed by atoms with Crippen molar-refractivity contribution in [2.45, 2.75) is 0 Å². The summed E-state index contributed by atoms with van der Waals surface area (Å²) in [7, 11) is 0. The van der Waals surface area contributed by atoms with Crippen LogP contribution in [0.1, 0.15) is 5.56 Å². The summed E-state index contributed by atoms with van der Waals surface area (Å²) in [6.07, 6.45) is 5.95. The largest absolute Gasteiger partial charge is 0.347 e. The molecule has 0 saturated carbocycles. The zero-order valence-corrected chi connectivity index (χ0v) is 25.7. The van der Waals surface area contributed by atoms with E-state index in [2.05, 4.69) is 131 Å². The molecule has 0 atom stereocenters. The Hall–Kier alpha value is -5.98. The van der Waals surface area contributed by atoms with Crippen LogP contribution in [0.4, 0.5) is 17.1 Å². The van der Waals surface area contributed by atoms with Crippen LogP contribution in [0.3, 0.4) is 0 Å². The summed E-state index contributed by atoms with van der Waals surface area (Å²) in [4.78, 5) is 16.2. The normalized spacial score (nSPS) is 11.7. The van der Waals surface area contributed by atoms with Crippen molar-refractivity contribution in [2.75, 3.05) is 4.90 Å². The van der Waals surface area contributed by atoms with E-state index in [1.807, 2.05) is 64.5 Å². The molecule has 0 radical (unpaired) electrons. The maximum Gasteiger partial charge on any atom is 0.137 e. The van der Waals surface area contributed by atoms with Crippen molar-refractivity contribution in [2.24, 2.45) is 4.99 Å². The minimum atomic E-state index is 0.699. The van der Waals surface area contributed by atoms with E-state index in [0.29, 0.717) is 5.70 Å². The van der Waals surface area contributed by atoms with E-state index in [-0.39, 0.29) is 0 Å². The van der Waals surface area contributed by atoms with E-state index in [1.165, 1.54) is 20.5 Å². The van der Waals surface area contributed by atoms with Gasteiger partial charge in [-0.15, -0.1) is 11.3 Å².